The molecule has 4 fully saturated rings. The van der Waals surface area contributed by atoms with Crippen LogP contribution in [0.1, 0.15) is 125 Å². The van der Waals surface area contributed by atoms with Crippen molar-refractivity contribution in [2.75, 3.05) is 6.61 Å². The summed E-state index contributed by atoms with van der Waals surface area (Å²) in [4.78, 5) is 12.1. The van der Waals surface area contributed by atoms with Crippen molar-refractivity contribution >= 4 is 5.97 Å². The third-order valence-corrected chi connectivity index (χ3v) is 11.7. The van der Waals surface area contributed by atoms with E-state index in [2.05, 4.69) is 34.6 Å². The van der Waals surface area contributed by atoms with E-state index in [1.165, 1.54) is 77.0 Å². The Balaban J connectivity index is 1.40. The van der Waals surface area contributed by atoms with Gasteiger partial charge in [-0.05, 0) is 123 Å². The fourth-order valence-electron chi connectivity index (χ4n) is 10.0. The molecule has 2 heteroatoms. The Kier molecular flexibility index (Phi) is 7.92. The van der Waals surface area contributed by atoms with Crippen LogP contribution >= 0.6 is 0 Å². The first-order valence-electron chi connectivity index (χ1n) is 14.8. The molecule has 0 radical (unpaired) electrons. The van der Waals surface area contributed by atoms with Crippen molar-refractivity contribution < 1.29 is 9.53 Å². The smallest absolute Gasteiger partial charge is 0.306 e. The number of rotatable bonds is 8. The van der Waals surface area contributed by atoms with Gasteiger partial charge in [0, 0.05) is 6.42 Å². The van der Waals surface area contributed by atoms with Crippen LogP contribution in [0.5, 0.6) is 0 Å². The summed E-state index contributed by atoms with van der Waals surface area (Å²) in [5.41, 5.74) is 1.12. The van der Waals surface area contributed by atoms with E-state index >= 15 is 0 Å². The Morgan fingerprint density at radius 2 is 1.64 bits per heavy atom. The van der Waals surface area contributed by atoms with Gasteiger partial charge < -0.3 is 4.74 Å². The van der Waals surface area contributed by atoms with Crippen molar-refractivity contribution in [1.29, 1.82) is 0 Å². The Hall–Kier alpha value is -0.530. The second-order valence-corrected chi connectivity index (χ2v) is 13.8. The molecule has 33 heavy (non-hydrogen) atoms. The third-order valence-electron chi connectivity index (χ3n) is 11.7. The van der Waals surface area contributed by atoms with Crippen molar-refractivity contribution in [3.8, 4) is 0 Å². The van der Waals surface area contributed by atoms with Crippen LogP contribution in [-0.4, -0.2) is 12.6 Å². The zero-order chi connectivity index (χ0) is 23.8. The maximum absolute atomic E-state index is 12.1. The maximum atomic E-state index is 12.1. The first-order valence-corrected chi connectivity index (χ1v) is 14.8. The number of hydrogen-bond donors (Lipinski definition) is 0. The molecule has 0 spiro atoms. The monoisotopic (exact) mass is 458 g/mol. The highest BCUT2D eigenvalue weighted by Crippen LogP contribution is 2.68. The largest absolute Gasteiger partial charge is 0.466 e. The molecule has 0 heterocycles. The molecule has 4 aliphatic carbocycles. The van der Waals surface area contributed by atoms with Crippen LogP contribution in [0.3, 0.4) is 0 Å². The Morgan fingerprint density at radius 3 is 2.36 bits per heavy atom. The maximum Gasteiger partial charge on any atom is 0.306 e. The fourth-order valence-corrected chi connectivity index (χ4v) is 10.0. The van der Waals surface area contributed by atoms with E-state index in [9.17, 15) is 4.79 Å². The summed E-state index contributed by atoms with van der Waals surface area (Å²) < 4.78 is 5.28. The summed E-state index contributed by atoms with van der Waals surface area (Å²) >= 11 is 0. The molecule has 0 amide bonds. The van der Waals surface area contributed by atoms with E-state index in [1.54, 1.807) is 0 Å². The summed E-state index contributed by atoms with van der Waals surface area (Å²) in [5, 5.41) is 0. The number of fused-ring (bicyclic) bond motifs is 5. The van der Waals surface area contributed by atoms with Gasteiger partial charge in [0.1, 0.15) is 0 Å². The number of carbonyl (C=O) groups excluding carboxylic acids is 1. The highest BCUT2D eigenvalue weighted by Gasteiger charge is 2.60. The number of esters is 1. The van der Waals surface area contributed by atoms with E-state index in [-0.39, 0.29) is 5.97 Å². The molecule has 4 rings (SSSR count). The van der Waals surface area contributed by atoms with Crippen molar-refractivity contribution in [3.63, 3.8) is 0 Å². The molecule has 0 N–H and O–H groups in total. The van der Waals surface area contributed by atoms with Gasteiger partial charge in [-0.2, -0.15) is 0 Å². The average molecular weight is 459 g/mol. The predicted molar refractivity (Wildman–Crippen MR) is 138 cm³/mol. The molecule has 190 valence electrons. The lowest BCUT2D eigenvalue weighted by molar-refractivity contribution is -0.147. The van der Waals surface area contributed by atoms with Crippen LogP contribution in [0.15, 0.2) is 0 Å². The quantitative estimate of drug-likeness (QED) is 0.340. The van der Waals surface area contributed by atoms with E-state index in [0.29, 0.717) is 29.8 Å². The average Bonchev–Trinajstić information content (AvgIpc) is 3.11. The lowest BCUT2D eigenvalue weighted by atomic mass is 9.44. The van der Waals surface area contributed by atoms with Crippen LogP contribution in [-0.2, 0) is 9.53 Å². The van der Waals surface area contributed by atoms with Gasteiger partial charge in [0.05, 0.1) is 6.61 Å². The summed E-state index contributed by atoms with van der Waals surface area (Å²) in [6.45, 7) is 15.2. The highest BCUT2D eigenvalue weighted by molar-refractivity contribution is 5.69. The normalized spacial score (nSPS) is 43.5. The third kappa shape index (κ3) is 4.93. The zero-order valence-electron chi connectivity index (χ0n) is 22.8. The molecule has 0 aromatic rings. The van der Waals surface area contributed by atoms with Crippen molar-refractivity contribution in [2.45, 2.75) is 125 Å². The number of ether oxygens (including phenoxy) is 1. The van der Waals surface area contributed by atoms with Gasteiger partial charge in [-0.15, -0.1) is 0 Å². The minimum absolute atomic E-state index is 0.0349. The number of carbonyl (C=O) groups is 1. The molecule has 0 bridgehead atoms. The van der Waals surface area contributed by atoms with Crippen LogP contribution in [0.25, 0.3) is 0 Å². The van der Waals surface area contributed by atoms with Gasteiger partial charge in [0.2, 0.25) is 0 Å². The van der Waals surface area contributed by atoms with E-state index < -0.39 is 0 Å². The first kappa shape index (κ1) is 25.6. The molecule has 9 atom stereocenters. The predicted octanol–water partition coefficient (Wildman–Crippen LogP) is 8.68. The Morgan fingerprint density at radius 1 is 0.909 bits per heavy atom. The lowest BCUT2D eigenvalue weighted by Crippen LogP contribution is -2.53. The molecule has 0 aliphatic heterocycles. The van der Waals surface area contributed by atoms with E-state index in [4.69, 9.17) is 4.74 Å². The molecule has 0 aromatic carbocycles. The topological polar surface area (TPSA) is 26.3 Å². The summed E-state index contributed by atoms with van der Waals surface area (Å²) in [6.07, 6.45) is 17.6. The highest BCUT2D eigenvalue weighted by atomic mass is 16.5. The standard InChI is InChI=1S/C31H54O2/c1-7-33-29(32)20-23-15-17-30(5)24(19-23)11-12-25-27-14-13-26(22(4)10-8-9-21(2)3)31(27,6)18-16-28(25)30/h21-28H,7-20H2,1-6H3/t22-,23?,24?,25+,26-,27+,28+,30+,31-/m1/s1. The zero-order valence-corrected chi connectivity index (χ0v) is 22.8. The van der Waals surface area contributed by atoms with Crippen molar-refractivity contribution in [2.24, 2.45) is 58.2 Å². The first-order chi connectivity index (χ1) is 15.7. The van der Waals surface area contributed by atoms with Gasteiger partial charge in [-0.25, -0.2) is 0 Å². The summed E-state index contributed by atoms with van der Waals surface area (Å²) in [7, 11) is 0. The molecular weight excluding hydrogens is 404 g/mol. The van der Waals surface area contributed by atoms with Gasteiger partial charge in [0.15, 0.2) is 0 Å². The molecule has 0 saturated heterocycles. The second kappa shape index (κ2) is 10.2. The van der Waals surface area contributed by atoms with Gasteiger partial charge in [0.25, 0.3) is 0 Å². The van der Waals surface area contributed by atoms with Crippen LogP contribution < -0.4 is 0 Å². The van der Waals surface area contributed by atoms with Gasteiger partial charge in [-0.3, -0.25) is 4.79 Å². The summed E-state index contributed by atoms with van der Waals surface area (Å²) in [5.74, 6) is 7.03. The van der Waals surface area contributed by atoms with Crippen LogP contribution in [0.4, 0.5) is 0 Å². The molecule has 2 unspecified atom stereocenters. The SMILES string of the molecule is CCOC(=O)CC1CC[C@@]2(C)C(CC[C@H]3[C@@H]4CC[C@H]([C@H](C)CCCC(C)C)[C@@]4(C)CC[C@@H]32)C1. The summed E-state index contributed by atoms with van der Waals surface area (Å²) in [6, 6.07) is 0. The van der Waals surface area contributed by atoms with E-state index in [0.717, 1.165) is 41.4 Å². The second-order valence-electron chi connectivity index (χ2n) is 13.8. The Labute approximate surface area is 205 Å². The minimum atomic E-state index is 0.0349. The fraction of sp³-hybridized carbons (Fsp3) is 0.968. The van der Waals surface area contributed by atoms with Gasteiger partial charge >= 0.3 is 5.97 Å². The minimum Gasteiger partial charge on any atom is -0.466 e. The van der Waals surface area contributed by atoms with Crippen molar-refractivity contribution in [1.82, 2.24) is 0 Å². The lowest BCUT2D eigenvalue weighted by Gasteiger charge is -2.61. The van der Waals surface area contributed by atoms with Crippen LogP contribution in [0, 0.1) is 58.2 Å². The van der Waals surface area contributed by atoms with Crippen molar-refractivity contribution in [3.05, 3.63) is 0 Å². The van der Waals surface area contributed by atoms with Gasteiger partial charge in [-0.1, -0.05) is 53.9 Å². The molecule has 0 aromatic heterocycles. The molecule has 2 nitrogen and oxygen atoms in total. The molecular formula is C31H54O2. The number of hydrogen-bond acceptors (Lipinski definition) is 2. The van der Waals surface area contributed by atoms with Crippen LogP contribution in [0.2, 0.25) is 0 Å². The molecule has 4 saturated carbocycles. The molecule has 4 aliphatic rings. The Bertz CT molecular complexity index is 670. The van der Waals surface area contributed by atoms with E-state index in [1.807, 2.05) is 6.92 Å².